The Morgan fingerprint density at radius 2 is 2.33 bits per heavy atom. The zero-order valence-electron chi connectivity index (χ0n) is 5.85. The first kappa shape index (κ1) is 6.99. The van der Waals surface area contributed by atoms with Crippen molar-refractivity contribution >= 4 is 0 Å². The van der Waals surface area contributed by atoms with E-state index < -0.39 is 11.8 Å². The van der Waals surface area contributed by atoms with Crippen molar-refractivity contribution in [1.82, 2.24) is 5.32 Å². The second-order valence-electron chi connectivity index (χ2n) is 2.81. The minimum absolute atomic E-state index is 0.418. The van der Waals surface area contributed by atoms with Crippen molar-refractivity contribution in [2.45, 2.75) is 25.7 Å². The lowest BCUT2D eigenvalue weighted by Crippen LogP contribution is -2.54. The molecule has 0 aliphatic carbocycles. The summed E-state index contributed by atoms with van der Waals surface area (Å²) in [6.07, 6.45) is -0.522. The first-order valence-electron chi connectivity index (χ1n) is 3.18. The van der Waals surface area contributed by atoms with Gasteiger partial charge in [-0.05, 0) is 13.8 Å². The van der Waals surface area contributed by atoms with Crippen LogP contribution in [0.1, 0.15) is 13.8 Å². The minimum atomic E-state index is -0.522. The molecule has 1 heterocycles. The molecule has 1 aliphatic rings. The van der Waals surface area contributed by atoms with Crippen LogP contribution in [-0.4, -0.2) is 30.1 Å². The topological polar surface area (TPSA) is 41.5 Å². The fraction of sp³-hybridized carbons (Fsp3) is 1.00. The third-order valence-electron chi connectivity index (χ3n) is 1.57. The van der Waals surface area contributed by atoms with Crippen molar-refractivity contribution in [3.63, 3.8) is 0 Å². The summed E-state index contributed by atoms with van der Waals surface area (Å²) >= 11 is 0. The molecular weight excluding hydrogens is 118 g/mol. The van der Waals surface area contributed by atoms with Crippen molar-refractivity contribution in [2.75, 3.05) is 13.2 Å². The summed E-state index contributed by atoms with van der Waals surface area (Å²) in [5.41, 5.74) is -0.418. The average Bonchev–Trinajstić information content (AvgIpc) is 1.77. The van der Waals surface area contributed by atoms with Gasteiger partial charge in [-0.15, -0.1) is 0 Å². The molecule has 1 unspecified atom stereocenters. The van der Waals surface area contributed by atoms with Gasteiger partial charge in [0.05, 0.1) is 6.61 Å². The highest BCUT2D eigenvalue weighted by Crippen LogP contribution is 2.15. The maximum Gasteiger partial charge on any atom is 0.133 e. The number of hydrogen-bond donors (Lipinski definition) is 2. The van der Waals surface area contributed by atoms with Crippen LogP contribution in [0.3, 0.4) is 0 Å². The molecule has 1 aliphatic heterocycles. The monoisotopic (exact) mass is 131 g/mol. The highest BCUT2D eigenvalue weighted by Gasteiger charge is 2.30. The van der Waals surface area contributed by atoms with Crippen LogP contribution in [-0.2, 0) is 4.74 Å². The van der Waals surface area contributed by atoms with Crippen molar-refractivity contribution in [1.29, 1.82) is 0 Å². The Hall–Kier alpha value is -0.120. The Morgan fingerprint density at radius 3 is 2.67 bits per heavy atom. The van der Waals surface area contributed by atoms with E-state index >= 15 is 0 Å². The molecule has 1 atom stereocenters. The predicted molar refractivity (Wildman–Crippen MR) is 34.0 cm³/mol. The van der Waals surface area contributed by atoms with E-state index in [0.717, 1.165) is 6.54 Å². The lowest BCUT2D eigenvalue weighted by molar-refractivity contribution is -0.140. The van der Waals surface area contributed by atoms with Crippen LogP contribution in [0.4, 0.5) is 0 Å². The van der Waals surface area contributed by atoms with Gasteiger partial charge in [0, 0.05) is 6.54 Å². The number of ether oxygens (including phenoxy) is 1. The summed E-state index contributed by atoms with van der Waals surface area (Å²) in [4.78, 5) is 0. The largest absolute Gasteiger partial charge is 0.376 e. The molecule has 0 bridgehead atoms. The third kappa shape index (κ3) is 1.41. The van der Waals surface area contributed by atoms with Gasteiger partial charge in [0.25, 0.3) is 0 Å². The number of aliphatic hydroxyl groups excluding tert-OH is 1. The summed E-state index contributed by atoms with van der Waals surface area (Å²) in [5, 5.41) is 12.1. The predicted octanol–water partition coefficient (Wildman–Crippen LogP) is -0.297. The zero-order valence-corrected chi connectivity index (χ0v) is 5.85. The standard InChI is InChI=1S/C6H13NO2/c1-6(2)5(8)7-3-4-9-6/h5,7-8H,3-4H2,1-2H3. The Balaban J connectivity index is 2.49. The Labute approximate surface area is 55.0 Å². The average molecular weight is 131 g/mol. The van der Waals surface area contributed by atoms with Crippen LogP contribution >= 0.6 is 0 Å². The van der Waals surface area contributed by atoms with Gasteiger partial charge < -0.3 is 9.84 Å². The third-order valence-corrected chi connectivity index (χ3v) is 1.57. The van der Waals surface area contributed by atoms with Crippen molar-refractivity contribution in [2.24, 2.45) is 0 Å². The SMILES string of the molecule is CC1(C)OCCNC1O. The molecule has 0 amide bonds. The van der Waals surface area contributed by atoms with Crippen LogP contribution in [0.5, 0.6) is 0 Å². The van der Waals surface area contributed by atoms with Crippen LogP contribution < -0.4 is 5.32 Å². The smallest absolute Gasteiger partial charge is 0.133 e. The fourth-order valence-electron chi connectivity index (χ4n) is 0.834. The van der Waals surface area contributed by atoms with Gasteiger partial charge in [-0.25, -0.2) is 0 Å². The Kier molecular flexibility index (Phi) is 1.75. The quantitative estimate of drug-likeness (QED) is 0.474. The molecule has 9 heavy (non-hydrogen) atoms. The molecule has 2 N–H and O–H groups in total. The maximum atomic E-state index is 9.20. The van der Waals surface area contributed by atoms with E-state index in [-0.39, 0.29) is 0 Å². The van der Waals surface area contributed by atoms with Gasteiger partial charge in [-0.3, -0.25) is 5.32 Å². The Bertz CT molecular complexity index is 103. The molecule has 1 saturated heterocycles. The molecule has 0 radical (unpaired) electrons. The first-order chi connectivity index (χ1) is 4.13. The number of morpholine rings is 1. The minimum Gasteiger partial charge on any atom is -0.376 e. The number of hydrogen-bond acceptors (Lipinski definition) is 3. The van der Waals surface area contributed by atoms with Crippen molar-refractivity contribution < 1.29 is 9.84 Å². The summed E-state index contributed by atoms with van der Waals surface area (Å²) in [5.74, 6) is 0. The van der Waals surface area contributed by atoms with Crippen molar-refractivity contribution in [3.8, 4) is 0 Å². The summed E-state index contributed by atoms with van der Waals surface area (Å²) in [6.45, 7) is 5.16. The van der Waals surface area contributed by atoms with Gasteiger partial charge >= 0.3 is 0 Å². The highest BCUT2D eigenvalue weighted by atomic mass is 16.5. The molecule has 0 saturated carbocycles. The van der Waals surface area contributed by atoms with Crippen molar-refractivity contribution in [3.05, 3.63) is 0 Å². The van der Waals surface area contributed by atoms with Crippen LogP contribution in [0, 0.1) is 0 Å². The molecule has 3 nitrogen and oxygen atoms in total. The number of aliphatic hydroxyl groups is 1. The summed E-state index contributed by atoms with van der Waals surface area (Å²) < 4.78 is 5.27. The molecule has 3 heteroatoms. The zero-order chi connectivity index (χ0) is 6.91. The van der Waals surface area contributed by atoms with Gasteiger partial charge in [-0.2, -0.15) is 0 Å². The molecule has 1 rings (SSSR count). The fourth-order valence-corrected chi connectivity index (χ4v) is 0.834. The molecule has 54 valence electrons. The van der Waals surface area contributed by atoms with E-state index in [4.69, 9.17) is 4.74 Å². The van der Waals surface area contributed by atoms with Gasteiger partial charge in [0.15, 0.2) is 0 Å². The lowest BCUT2D eigenvalue weighted by Gasteiger charge is -2.35. The van der Waals surface area contributed by atoms with E-state index in [0.29, 0.717) is 6.61 Å². The van der Waals surface area contributed by atoms with E-state index in [9.17, 15) is 5.11 Å². The summed E-state index contributed by atoms with van der Waals surface area (Å²) in [7, 11) is 0. The van der Waals surface area contributed by atoms with E-state index in [1.807, 2.05) is 13.8 Å². The number of rotatable bonds is 0. The first-order valence-corrected chi connectivity index (χ1v) is 3.18. The molecule has 0 aromatic heterocycles. The molecule has 1 fully saturated rings. The summed E-state index contributed by atoms with van der Waals surface area (Å²) in [6, 6.07) is 0. The molecule has 0 aromatic rings. The highest BCUT2D eigenvalue weighted by molar-refractivity contribution is 4.80. The van der Waals surface area contributed by atoms with Crippen LogP contribution in [0.2, 0.25) is 0 Å². The van der Waals surface area contributed by atoms with Gasteiger partial charge in [-0.1, -0.05) is 0 Å². The van der Waals surface area contributed by atoms with Crippen LogP contribution in [0.15, 0.2) is 0 Å². The molecule has 0 aromatic carbocycles. The van der Waals surface area contributed by atoms with E-state index in [1.54, 1.807) is 0 Å². The lowest BCUT2D eigenvalue weighted by atomic mass is 10.1. The van der Waals surface area contributed by atoms with E-state index in [1.165, 1.54) is 0 Å². The van der Waals surface area contributed by atoms with Gasteiger partial charge in [0.2, 0.25) is 0 Å². The normalized spacial score (nSPS) is 34.3. The Morgan fingerprint density at radius 1 is 1.67 bits per heavy atom. The van der Waals surface area contributed by atoms with Gasteiger partial charge in [0.1, 0.15) is 11.8 Å². The number of nitrogens with one attached hydrogen (secondary N) is 1. The maximum absolute atomic E-state index is 9.20. The second kappa shape index (κ2) is 2.25. The molecular formula is C6H13NO2. The van der Waals surface area contributed by atoms with E-state index in [2.05, 4.69) is 5.32 Å². The second-order valence-corrected chi connectivity index (χ2v) is 2.81. The molecule has 0 spiro atoms. The van der Waals surface area contributed by atoms with Crippen LogP contribution in [0.25, 0.3) is 0 Å².